The quantitative estimate of drug-likeness (QED) is 0.311. The van der Waals surface area contributed by atoms with E-state index in [2.05, 4.69) is 34.4 Å². The summed E-state index contributed by atoms with van der Waals surface area (Å²) in [5.41, 5.74) is 0. The van der Waals surface area contributed by atoms with E-state index < -0.39 is 0 Å². The second-order valence-electron chi connectivity index (χ2n) is 7.13. The molecule has 1 aliphatic carbocycles. The minimum Gasteiger partial charge on any atom is -0.378 e. The monoisotopic (exact) mass is 466 g/mol. The largest absolute Gasteiger partial charge is 0.378 e. The average molecular weight is 466 g/mol. The summed E-state index contributed by atoms with van der Waals surface area (Å²) in [5.74, 6) is 1.69. The Morgan fingerprint density at radius 1 is 1.16 bits per heavy atom. The molecule has 0 radical (unpaired) electrons. The Kier molecular flexibility index (Phi) is 12.1. The van der Waals surface area contributed by atoms with Gasteiger partial charge in [-0.05, 0) is 58.0 Å². The van der Waals surface area contributed by atoms with Crippen LogP contribution >= 0.6 is 24.0 Å². The summed E-state index contributed by atoms with van der Waals surface area (Å²) in [7, 11) is 1.86. The first-order valence-corrected chi connectivity index (χ1v) is 10.1. The third-order valence-corrected chi connectivity index (χ3v) is 5.66. The van der Waals surface area contributed by atoms with Crippen LogP contribution in [0.5, 0.6) is 0 Å². The van der Waals surface area contributed by atoms with Gasteiger partial charge in [0.15, 0.2) is 5.96 Å². The molecule has 0 aromatic heterocycles. The van der Waals surface area contributed by atoms with Gasteiger partial charge in [-0.15, -0.1) is 24.0 Å². The average Bonchev–Trinajstić information content (AvgIpc) is 3.28. The van der Waals surface area contributed by atoms with Gasteiger partial charge in [-0.3, -0.25) is 9.89 Å². The van der Waals surface area contributed by atoms with Crippen LogP contribution < -0.4 is 10.6 Å². The highest BCUT2D eigenvalue weighted by Crippen LogP contribution is 2.30. The number of guanidine groups is 1. The van der Waals surface area contributed by atoms with Crippen LogP contribution in [0.15, 0.2) is 4.99 Å². The third-order valence-electron chi connectivity index (χ3n) is 5.66. The van der Waals surface area contributed by atoms with E-state index in [0.717, 1.165) is 44.5 Å². The van der Waals surface area contributed by atoms with E-state index in [9.17, 15) is 0 Å². The van der Waals surface area contributed by atoms with E-state index in [-0.39, 0.29) is 24.0 Å². The molecule has 2 N–H and O–H groups in total. The van der Waals surface area contributed by atoms with Crippen molar-refractivity contribution in [3.8, 4) is 0 Å². The number of hydrogen-bond donors (Lipinski definition) is 2. The Balaban J connectivity index is 0.00000312. The maximum atomic E-state index is 6.00. The lowest BCUT2D eigenvalue weighted by molar-refractivity contribution is 0.0169. The van der Waals surface area contributed by atoms with Gasteiger partial charge in [-0.1, -0.05) is 19.8 Å². The summed E-state index contributed by atoms with van der Waals surface area (Å²) >= 11 is 0. The topological polar surface area (TPSA) is 48.9 Å². The van der Waals surface area contributed by atoms with Crippen molar-refractivity contribution in [2.24, 2.45) is 10.9 Å². The number of likely N-dealkylation sites (tertiary alicyclic amines) is 1. The van der Waals surface area contributed by atoms with Gasteiger partial charge >= 0.3 is 0 Å². The normalized spacial score (nSPS) is 23.5. The van der Waals surface area contributed by atoms with Crippen molar-refractivity contribution in [2.45, 2.75) is 70.9 Å². The number of likely N-dealkylation sites (N-methyl/N-ethyl adjacent to an activating group) is 1. The van der Waals surface area contributed by atoms with Gasteiger partial charge < -0.3 is 15.4 Å². The number of halogens is 1. The van der Waals surface area contributed by atoms with Gasteiger partial charge in [-0.2, -0.15) is 0 Å². The zero-order valence-electron chi connectivity index (χ0n) is 16.4. The fraction of sp³-hybridized carbons (Fsp3) is 0.947. The molecule has 0 bridgehead atoms. The molecular formula is C19H39IN4O. The number of aliphatic imine (C=N–C) groups is 1. The van der Waals surface area contributed by atoms with Crippen LogP contribution in [0.25, 0.3) is 0 Å². The number of nitrogens with zero attached hydrogens (tertiary/aromatic N) is 2. The number of hydrogen-bond acceptors (Lipinski definition) is 3. The first-order chi connectivity index (χ1) is 11.8. The molecule has 0 amide bonds. The van der Waals surface area contributed by atoms with Crippen LogP contribution in [0.4, 0.5) is 0 Å². The van der Waals surface area contributed by atoms with Gasteiger partial charge in [0.25, 0.3) is 0 Å². The van der Waals surface area contributed by atoms with E-state index in [1.54, 1.807) is 0 Å². The van der Waals surface area contributed by atoms with Gasteiger partial charge in [0, 0.05) is 32.8 Å². The molecule has 1 saturated carbocycles. The van der Waals surface area contributed by atoms with Crippen molar-refractivity contribution in [1.29, 1.82) is 0 Å². The smallest absolute Gasteiger partial charge is 0.191 e. The minimum absolute atomic E-state index is 0. The highest BCUT2D eigenvalue weighted by atomic mass is 127. The third kappa shape index (κ3) is 7.59. The van der Waals surface area contributed by atoms with Crippen molar-refractivity contribution in [1.82, 2.24) is 15.5 Å². The second-order valence-corrected chi connectivity index (χ2v) is 7.13. The first kappa shape index (κ1) is 23.0. The highest BCUT2D eigenvalue weighted by Gasteiger charge is 2.25. The lowest BCUT2D eigenvalue weighted by Crippen LogP contribution is -2.45. The molecule has 5 nitrogen and oxygen atoms in total. The molecule has 1 heterocycles. The molecule has 1 saturated heterocycles. The molecule has 6 heteroatoms. The Morgan fingerprint density at radius 3 is 2.56 bits per heavy atom. The van der Waals surface area contributed by atoms with Crippen LogP contribution in [0.2, 0.25) is 0 Å². The van der Waals surface area contributed by atoms with E-state index in [4.69, 9.17) is 4.74 Å². The van der Waals surface area contributed by atoms with Crippen LogP contribution in [0.1, 0.15) is 58.8 Å². The van der Waals surface area contributed by atoms with Gasteiger partial charge in [0.2, 0.25) is 0 Å². The van der Waals surface area contributed by atoms with E-state index in [1.807, 2.05) is 7.05 Å². The summed E-state index contributed by atoms with van der Waals surface area (Å²) in [4.78, 5) is 6.94. The molecule has 0 aromatic carbocycles. The summed E-state index contributed by atoms with van der Waals surface area (Å²) in [5, 5.41) is 6.99. The van der Waals surface area contributed by atoms with Gasteiger partial charge in [0.05, 0.1) is 6.10 Å². The van der Waals surface area contributed by atoms with Crippen LogP contribution in [-0.2, 0) is 4.74 Å². The van der Waals surface area contributed by atoms with Crippen LogP contribution in [0.3, 0.4) is 0 Å². The fourth-order valence-electron chi connectivity index (χ4n) is 4.31. The SMILES string of the molecule is CCOC(CCNC(=NC)NCC1CCCN1CC)C1CCCC1.I. The maximum Gasteiger partial charge on any atom is 0.191 e. The summed E-state index contributed by atoms with van der Waals surface area (Å²) in [6, 6.07) is 0.656. The lowest BCUT2D eigenvalue weighted by atomic mass is 9.98. The Morgan fingerprint density at radius 2 is 1.92 bits per heavy atom. The zero-order valence-corrected chi connectivity index (χ0v) is 18.8. The zero-order chi connectivity index (χ0) is 17.2. The lowest BCUT2D eigenvalue weighted by Gasteiger charge is -2.25. The number of ether oxygens (including phenoxy) is 1. The minimum atomic E-state index is 0. The first-order valence-electron chi connectivity index (χ1n) is 10.1. The molecule has 2 atom stereocenters. The molecule has 0 spiro atoms. The summed E-state index contributed by atoms with van der Waals surface area (Å²) < 4.78 is 6.00. The van der Waals surface area contributed by atoms with Crippen LogP contribution in [0, 0.1) is 5.92 Å². The molecule has 2 unspecified atom stereocenters. The van der Waals surface area contributed by atoms with Crippen molar-refractivity contribution in [3.05, 3.63) is 0 Å². The van der Waals surface area contributed by atoms with E-state index >= 15 is 0 Å². The molecule has 2 rings (SSSR count). The van der Waals surface area contributed by atoms with Gasteiger partial charge in [-0.25, -0.2) is 0 Å². The molecular weight excluding hydrogens is 427 g/mol. The molecule has 2 aliphatic rings. The fourth-order valence-corrected chi connectivity index (χ4v) is 4.31. The second kappa shape index (κ2) is 13.1. The number of nitrogens with one attached hydrogen (secondary N) is 2. The van der Waals surface area contributed by atoms with E-state index in [1.165, 1.54) is 45.1 Å². The highest BCUT2D eigenvalue weighted by molar-refractivity contribution is 14.0. The van der Waals surface area contributed by atoms with Crippen molar-refractivity contribution < 1.29 is 4.74 Å². The molecule has 1 aliphatic heterocycles. The maximum absolute atomic E-state index is 6.00. The Bertz CT molecular complexity index is 374. The Labute approximate surface area is 171 Å². The van der Waals surface area contributed by atoms with Crippen molar-refractivity contribution >= 4 is 29.9 Å². The predicted octanol–water partition coefficient (Wildman–Crippen LogP) is 3.24. The Hall–Kier alpha value is -0.0800. The molecule has 148 valence electrons. The van der Waals surface area contributed by atoms with Crippen molar-refractivity contribution in [2.75, 3.05) is 39.8 Å². The molecule has 2 fully saturated rings. The van der Waals surface area contributed by atoms with Gasteiger partial charge in [0.1, 0.15) is 0 Å². The van der Waals surface area contributed by atoms with Crippen molar-refractivity contribution in [3.63, 3.8) is 0 Å². The van der Waals surface area contributed by atoms with E-state index in [0.29, 0.717) is 12.1 Å². The predicted molar refractivity (Wildman–Crippen MR) is 117 cm³/mol. The number of rotatable bonds is 9. The standard InChI is InChI=1S/C19H38N4O.HI/c1-4-23-14-8-11-17(23)15-22-19(20-3)21-13-12-18(24-5-2)16-9-6-7-10-16;/h16-18H,4-15H2,1-3H3,(H2,20,21,22);1H. The molecule has 25 heavy (non-hydrogen) atoms. The summed E-state index contributed by atoms with van der Waals surface area (Å²) in [6.45, 7) is 9.50. The summed E-state index contributed by atoms with van der Waals surface area (Å²) in [6.07, 6.45) is 9.53. The van der Waals surface area contributed by atoms with Crippen LogP contribution in [-0.4, -0.2) is 62.8 Å². The molecule has 0 aromatic rings.